The number of anilines is 1. The smallest absolute Gasteiger partial charge is 0.246 e. The molecular formula is C11H13ClN4O. The molecule has 0 atom stereocenters. The molecule has 90 valence electrons. The second kappa shape index (κ2) is 4.01. The van der Waals surface area contributed by atoms with E-state index in [1.807, 2.05) is 24.3 Å². The number of aromatic amines is 1. The molecule has 0 bridgehead atoms. The van der Waals surface area contributed by atoms with Crippen LogP contribution in [0.25, 0.3) is 11.0 Å². The summed E-state index contributed by atoms with van der Waals surface area (Å²) in [6.07, 6.45) is 1.50. The summed E-state index contributed by atoms with van der Waals surface area (Å²) in [6, 6.07) is 7.61. The summed E-state index contributed by atoms with van der Waals surface area (Å²) in [5.41, 5.74) is 6.85. The summed E-state index contributed by atoms with van der Waals surface area (Å²) in [4.78, 5) is 19.0. The molecule has 1 aromatic carbocycles. The molecule has 0 spiro atoms. The maximum Gasteiger partial charge on any atom is 0.246 e. The number of carbonyl (C=O) groups is 1. The minimum absolute atomic E-state index is 0. The third kappa shape index (κ3) is 2.11. The molecule has 1 fully saturated rings. The molecule has 1 aliphatic carbocycles. The van der Waals surface area contributed by atoms with Crippen LogP contribution in [0.5, 0.6) is 0 Å². The molecule has 1 aliphatic rings. The number of benzene rings is 1. The fourth-order valence-electron chi connectivity index (χ4n) is 1.61. The van der Waals surface area contributed by atoms with Gasteiger partial charge in [-0.2, -0.15) is 0 Å². The maximum absolute atomic E-state index is 11.7. The van der Waals surface area contributed by atoms with Crippen molar-refractivity contribution in [2.24, 2.45) is 5.73 Å². The molecule has 1 amide bonds. The van der Waals surface area contributed by atoms with Gasteiger partial charge in [0.05, 0.1) is 16.6 Å². The predicted molar refractivity (Wildman–Crippen MR) is 68.1 cm³/mol. The van der Waals surface area contributed by atoms with Gasteiger partial charge >= 0.3 is 0 Å². The molecule has 4 N–H and O–H groups in total. The highest BCUT2D eigenvalue weighted by atomic mass is 35.5. The van der Waals surface area contributed by atoms with Crippen molar-refractivity contribution in [3.63, 3.8) is 0 Å². The summed E-state index contributed by atoms with van der Waals surface area (Å²) >= 11 is 0. The number of para-hydroxylation sites is 2. The van der Waals surface area contributed by atoms with Crippen molar-refractivity contribution >= 4 is 35.3 Å². The topological polar surface area (TPSA) is 83.8 Å². The van der Waals surface area contributed by atoms with Crippen molar-refractivity contribution in [1.82, 2.24) is 9.97 Å². The van der Waals surface area contributed by atoms with E-state index in [1.165, 1.54) is 0 Å². The van der Waals surface area contributed by atoms with Gasteiger partial charge in [-0.15, -0.1) is 12.4 Å². The number of hydrogen-bond donors (Lipinski definition) is 3. The zero-order valence-corrected chi connectivity index (χ0v) is 9.88. The Bertz CT molecular complexity index is 528. The fourth-order valence-corrected chi connectivity index (χ4v) is 1.61. The van der Waals surface area contributed by atoms with Crippen molar-refractivity contribution in [1.29, 1.82) is 0 Å². The number of hydrogen-bond acceptors (Lipinski definition) is 3. The Hall–Kier alpha value is -1.59. The maximum atomic E-state index is 11.7. The first kappa shape index (κ1) is 11.9. The lowest BCUT2D eigenvalue weighted by atomic mass is 10.3. The largest absolute Gasteiger partial charge is 0.324 e. The SMILES string of the molecule is Cl.NC1(C(=O)Nc2nc3ccccc3[nH]2)CC1. The number of nitrogens with one attached hydrogen (secondary N) is 2. The Morgan fingerprint density at radius 3 is 2.76 bits per heavy atom. The highest BCUT2D eigenvalue weighted by Gasteiger charge is 2.46. The lowest BCUT2D eigenvalue weighted by molar-refractivity contribution is -0.118. The van der Waals surface area contributed by atoms with E-state index in [0.29, 0.717) is 5.95 Å². The molecule has 0 unspecified atom stereocenters. The quantitative estimate of drug-likeness (QED) is 0.756. The van der Waals surface area contributed by atoms with E-state index in [1.54, 1.807) is 0 Å². The van der Waals surface area contributed by atoms with Gasteiger partial charge in [0.1, 0.15) is 0 Å². The van der Waals surface area contributed by atoms with Crippen LogP contribution in [-0.2, 0) is 4.79 Å². The van der Waals surface area contributed by atoms with Gasteiger partial charge in [0, 0.05) is 0 Å². The lowest BCUT2D eigenvalue weighted by Crippen LogP contribution is -2.38. The Kier molecular flexibility index (Phi) is 2.81. The number of H-pyrrole nitrogens is 1. The van der Waals surface area contributed by atoms with E-state index in [0.717, 1.165) is 23.9 Å². The first-order valence-electron chi connectivity index (χ1n) is 5.22. The Labute approximate surface area is 104 Å². The van der Waals surface area contributed by atoms with Crippen LogP contribution in [0.3, 0.4) is 0 Å². The van der Waals surface area contributed by atoms with E-state index >= 15 is 0 Å². The van der Waals surface area contributed by atoms with E-state index in [4.69, 9.17) is 5.73 Å². The molecule has 1 saturated carbocycles. The standard InChI is InChI=1S/C11H12N4O.ClH/c12-11(5-6-11)9(16)15-10-13-7-3-1-2-4-8(7)14-10;/h1-4H,5-6,12H2,(H2,13,14,15,16);1H. The highest BCUT2D eigenvalue weighted by molar-refractivity contribution is 5.99. The van der Waals surface area contributed by atoms with Crippen molar-refractivity contribution in [3.8, 4) is 0 Å². The number of imidazole rings is 1. The van der Waals surface area contributed by atoms with Gasteiger partial charge in [-0.3, -0.25) is 10.1 Å². The van der Waals surface area contributed by atoms with Gasteiger partial charge in [0.25, 0.3) is 0 Å². The second-order valence-electron chi connectivity index (χ2n) is 4.21. The molecule has 2 aromatic rings. The fraction of sp³-hybridized carbons (Fsp3) is 0.273. The lowest BCUT2D eigenvalue weighted by Gasteiger charge is -2.06. The first-order chi connectivity index (χ1) is 7.67. The van der Waals surface area contributed by atoms with Gasteiger partial charge in [-0.1, -0.05) is 12.1 Å². The van der Waals surface area contributed by atoms with Crippen LogP contribution in [-0.4, -0.2) is 21.4 Å². The number of amides is 1. The zero-order valence-electron chi connectivity index (χ0n) is 9.06. The number of fused-ring (bicyclic) bond motifs is 1. The Morgan fingerprint density at radius 2 is 2.12 bits per heavy atom. The molecule has 1 aromatic heterocycles. The number of aromatic nitrogens is 2. The predicted octanol–water partition coefficient (Wildman–Crippen LogP) is 1.41. The second-order valence-corrected chi connectivity index (χ2v) is 4.21. The molecule has 1 heterocycles. The van der Waals surface area contributed by atoms with Crippen molar-refractivity contribution in [3.05, 3.63) is 24.3 Å². The summed E-state index contributed by atoms with van der Waals surface area (Å²) in [7, 11) is 0. The van der Waals surface area contributed by atoms with Gasteiger partial charge in [-0.05, 0) is 25.0 Å². The van der Waals surface area contributed by atoms with Crippen LogP contribution in [0.2, 0.25) is 0 Å². The average Bonchev–Trinajstić information content (AvgIpc) is 2.90. The van der Waals surface area contributed by atoms with Gasteiger partial charge < -0.3 is 10.7 Å². The van der Waals surface area contributed by atoms with Gasteiger partial charge in [0.2, 0.25) is 11.9 Å². The van der Waals surface area contributed by atoms with E-state index < -0.39 is 5.54 Å². The molecule has 0 aliphatic heterocycles. The number of carbonyl (C=O) groups excluding carboxylic acids is 1. The third-order valence-electron chi connectivity index (χ3n) is 2.86. The van der Waals surface area contributed by atoms with E-state index in [9.17, 15) is 4.79 Å². The van der Waals surface area contributed by atoms with Crippen LogP contribution in [0.1, 0.15) is 12.8 Å². The average molecular weight is 253 g/mol. The molecule has 5 nitrogen and oxygen atoms in total. The number of nitrogens with zero attached hydrogens (tertiary/aromatic N) is 1. The molecule has 0 saturated heterocycles. The van der Waals surface area contributed by atoms with Crippen LogP contribution in [0, 0.1) is 0 Å². The van der Waals surface area contributed by atoms with Gasteiger partial charge in [0.15, 0.2) is 0 Å². The molecule has 17 heavy (non-hydrogen) atoms. The summed E-state index contributed by atoms with van der Waals surface area (Å²) in [5, 5.41) is 2.70. The Morgan fingerprint density at radius 1 is 1.41 bits per heavy atom. The van der Waals surface area contributed by atoms with Crippen LogP contribution in [0.15, 0.2) is 24.3 Å². The van der Waals surface area contributed by atoms with Crippen LogP contribution in [0.4, 0.5) is 5.95 Å². The summed E-state index contributed by atoms with van der Waals surface area (Å²) < 4.78 is 0. The van der Waals surface area contributed by atoms with E-state index in [2.05, 4.69) is 15.3 Å². The molecule has 3 rings (SSSR count). The Balaban J connectivity index is 0.00000108. The third-order valence-corrected chi connectivity index (χ3v) is 2.86. The molecular weight excluding hydrogens is 240 g/mol. The number of halogens is 1. The van der Waals surface area contributed by atoms with Crippen molar-refractivity contribution in [2.45, 2.75) is 18.4 Å². The van der Waals surface area contributed by atoms with Crippen LogP contribution >= 0.6 is 12.4 Å². The van der Waals surface area contributed by atoms with Gasteiger partial charge in [-0.25, -0.2) is 4.98 Å². The van der Waals surface area contributed by atoms with Crippen molar-refractivity contribution in [2.75, 3.05) is 5.32 Å². The minimum atomic E-state index is -0.668. The normalized spacial score (nSPS) is 16.3. The number of rotatable bonds is 2. The summed E-state index contributed by atoms with van der Waals surface area (Å²) in [5.74, 6) is 0.300. The van der Waals surface area contributed by atoms with E-state index in [-0.39, 0.29) is 18.3 Å². The van der Waals surface area contributed by atoms with Crippen LogP contribution < -0.4 is 11.1 Å². The minimum Gasteiger partial charge on any atom is -0.324 e. The molecule has 6 heteroatoms. The highest BCUT2D eigenvalue weighted by Crippen LogP contribution is 2.33. The monoisotopic (exact) mass is 252 g/mol. The van der Waals surface area contributed by atoms with Crippen molar-refractivity contribution < 1.29 is 4.79 Å². The first-order valence-corrected chi connectivity index (χ1v) is 5.22. The zero-order chi connectivity index (χ0) is 11.2. The molecule has 0 radical (unpaired) electrons. The summed E-state index contributed by atoms with van der Waals surface area (Å²) in [6.45, 7) is 0. The number of nitrogens with two attached hydrogens (primary N) is 1.